The lowest BCUT2D eigenvalue weighted by Crippen LogP contribution is -2.20. The first kappa shape index (κ1) is 23.8. The molecule has 4 heteroatoms. The molecule has 0 unspecified atom stereocenters. The van der Waals surface area contributed by atoms with Gasteiger partial charge in [-0.2, -0.15) is 0 Å². The maximum absolute atomic E-state index is 12.7. The van der Waals surface area contributed by atoms with Gasteiger partial charge in [-0.25, -0.2) is 0 Å². The van der Waals surface area contributed by atoms with Gasteiger partial charge < -0.3 is 0 Å². The van der Waals surface area contributed by atoms with Crippen LogP contribution in [0, 0.1) is 0 Å². The number of hydrogen-bond donors (Lipinski definition) is 0. The van der Waals surface area contributed by atoms with Crippen LogP contribution in [0.4, 0.5) is 0 Å². The topological polar surface area (TPSA) is 34.1 Å². The first-order chi connectivity index (χ1) is 12.5. The molecule has 0 aromatic carbocycles. The van der Waals surface area contributed by atoms with Gasteiger partial charge in [-0.3, -0.25) is 9.59 Å². The highest BCUT2D eigenvalue weighted by Crippen LogP contribution is 2.36. The number of Topliss-reactive ketones (excluding diaryl/α,β-unsaturated/α-hetero) is 2. The molecule has 0 spiro atoms. The Morgan fingerprint density at radius 3 is 1.19 bits per heavy atom. The second-order valence-electron chi connectivity index (χ2n) is 7.28. The predicted molar refractivity (Wildman–Crippen MR) is 118 cm³/mol. The van der Waals surface area contributed by atoms with Gasteiger partial charge in [0.25, 0.3) is 0 Å². The molecule has 1 rings (SSSR count). The zero-order valence-corrected chi connectivity index (χ0v) is 19.6. The monoisotopic (exact) mass is 488 g/mol. The lowest BCUT2D eigenvalue weighted by atomic mass is 9.90. The highest BCUT2D eigenvalue weighted by molar-refractivity contribution is 9.12. The van der Waals surface area contributed by atoms with Gasteiger partial charge in [-0.15, -0.1) is 0 Å². The summed E-state index contributed by atoms with van der Waals surface area (Å²) in [4.78, 5) is 25.4. The van der Waals surface area contributed by atoms with Crippen LogP contribution >= 0.6 is 31.9 Å². The van der Waals surface area contributed by atoms with Gasteiger partial charge in [0.1, 0.15) is 0 Å². The Bertz CT molecular complexity index is 484. The van der Waals surface area contributed by atoms with E-state index in [-0.39, 0.29) is 11.6 Å². The summed E-state index contributed by atoms with van der Waals surface area (Å²) in [6.45, 7) is 4.42. The van der Waals surface area contributed by atoms with Crippen molar-refractivity contribution in [1.29, 1.82) is 0 Å². The average molecular weight is 490 g/mol. The SMILES string of the molecule is CCCCCCCCC1=C(Br)C(=O)C(CCCCCCCC)=C(Br)C1=O. The predicted octanol–water partition coefficient (Wildman–Crippen LogP) is 7.94. The van der Waals surface area contributed by atoms with Gasteiger partial charge in [0.15, 0.2) is 11.6 Å². The van der Waals surface area contributed by atoms with Crippen molar-refractivity contribution in [2.75, 3.05) is 0 Å². The Kier molecular flexibility index (Phi) is 12.7. The minimum Gasteiger partial charge on any atom is -0.288 e. The van der Waals surface area contributed by atoms with Gasteiger partial charge >= 0.3 is 0 Å². The highest BCUT2D eigenvalue weighted by atomic mass is 79.9. The van der Waals surface area contributed by atoms with E-state index >= 15 is 0 Å². The van der Waals surface area contributed by atoms with Crippen LogP contribution in [0.3, 0.4) is 0 Å². The number of halogens is 2. The van der Waals surface area contributed by atoms with E-state index in [0.29, 0.717) is 33.0 Å². The molecule has 0 bridgehead atoms. The third kappa shape index (κ3) is 7.80. The van der Waals surface area contributed by atoms with E-state index in [9.17, 15) is 9.59 Å². The molecule has 0 aromatic rings. The van der Waals surface area contributed by atoms with Crippen LogP contribution in [0.15, 0.2) is 20.1 Å². The van der Waals surface area contributed by atoms with Crippen molar-refractivity contribution in [2.45, 2.75) is 104 Å². The molecule has 0 atom stereocenters. The summed E-state index contributed by atoms with van der Waals surface area (Å²) in [6, 6.07) is 0. The fraction of sp³-hybridized carbons (Fsp3) is 0.727. The summed E-state index contributed by atoms with van der Waals surface area (Å²) in [5, 5.41) is 0. The molecule has 148 valence electrons. The molecule has 0 aliphatic heterocycles. The van der Waals surface area contributed by atoms with E-state index in [4.69, 9.17) is 0 Å². The summed E-state index contributed by atoms with van der Waals surface area (Å²) < 4.78 is 1.00. The van der Waals surface area contributed by atoms with Crippen LogP contribution in [0.2, 0.25) is 0 Å². The minimum atomic E-state index is 0.00557. The molecule has 2 nitrogen and oxygen atoms in total. The Morgan fingerprint density at radius 2 is 0.846 bits per heavy atom. The molecule has 0 heterocycles. The van der Waals surface area contributed by atoms with E-state index in [1.807, 2.05) is 0 Å². The maximum Gasteiger partial charge on any atom is 0.197 e. The second-order valence-corrected chi connectivity index (χ2v) is 8.86. The number of unbranched alkanes of at least 4 members (excludes halogenated alkanes) is 10. The average Bonchev–Trinajstić information content (AvgIpc) is 2.64. The van der Waals surface area contributed by atoms with Crippen molar-refractivity contribution < 1.29 is 9.59 Å². The molecule has 0 saturated heterocycles. The number of ketones is 2. The fourth-order valence-corrected chi connectivity index (χ4v) is 4.58. The first-order valence-electron chi connectivity index (χ1n) is 10.4. The number of carbonyl (C=O) groups excluding carboxylic acids is 2. The van der Waals surface area contributed by atoms with Gasteiger partial charge in [0.2, 0.25) is 0 Å². The molecular formula is C22H34Br2O2. The molecule has 1 aliphatic rings. The van der Waals surface area contributed by atoms with E-state index in [2.05, 4.69) is 45.7 Å². The van der Waals surface area contributed by atoms with Crippen molar-refractivity contribution in [1.82, 2.24) is 0 Å². The normalized spacial score (nSPS) is 15.4. The highest BCUT2D eigenvalue weighted by Gasteiger charge is 2.31. The van der Waals surface area contributed by atoms with Crippen LogP contribution in [-0.4, -0.2) is 11.6 Å². The zero-order chi connectivity index (χ0) is 19.4. The lowest BCUT2D eigenvalue weighted by Gasteiger charge is -2.18. The quantitative estimate of drug-likeness (QED) is 0.183. The van der Waals surface area contributed by atoms with Gasteiger partial charge in [0.05, 0.1) is 8.96 Å². The first-order valence-corrected chi connectivity index (χ1v) is 12.0. The Balaban J connectivity index is 2.51. The third-order valence-corrected chi connectivity index (χ3v) is 6.71. The second kappa shape index (κ2) is 13.9. The van der Waals surface area contributed by atoms with Crippen molar-refractivity contribution in [3.63, 3.8) is 0 Å². The van der Waals surface area contributed by atoms with Crippen LogP contribution < -0.4 is 0 Å². The number of carbonyl (C=O) groups is 2. The van der Waals surface area contributed by atoms with Gasteiger partial charge in [0, 0.05) is 11.1 Å². The number of hydrogen-bond acceptors (Lipinski definition) is 2. The molecule has 0 amide bonds. The van der Waals surface area contributed by atoms with Crippen LogP contribution in [-0.2, 0) is 9.59 Å². The molecule has 0 radical (unpaired) electrons. The summed E-state index contributed by atoms with van der Waals surface area (Å²) >= 11 is 6.84. The summed E-state index contributed by atoms with van der Waals surface area (Å²) in [7, 11) is 0. The molecule has 0 N–H and O–H groups in total. The Morgan fingerprint density at radius 1 is 0.538 bits per heavy atom. The molecular weight excluding hydrogens is 456 g/mol. The van der Waals surface area contributed by atoms with E-state index in [0.717, 1.165) is 25.7 Å². The fourth-order valence-electron chi connectivity index (χ4n) is 3.35. The third-order valence-electron chi connectivity index (χ3n) is 5.04. The maximum atomic E-state index is 12.7. The van der Waals surface area contributed by atoms with Crippen molar-refractivity contribution >= 4 is 43.4 Å². The number of allylic oxidation sites excluding steroid dienone is 4. The molecule has 26 heavy (non-hydrogen) atoms. The summed E-state index contributed by atoms with van der Waals surface area (Å²) in [5.74, 6) is 0.0111. The Labute approximate surface area is 176 Å². The minimum absolute atomic E-state index is 0.00557. The summed E-state index contributed by atoms with van der Waals surface area (Å²) in [6.07, 6.45) is 15.5. The lowest BCUT2D eigenvalue weighted by molar-refractivity contribution is -0.115. The standard InChI is InChI=1S/C22H34Br2O2/c1-3-5-7-9-11-13-15-17-19(23)22(26)18(20(24)21(17)25)16-14-12-10-8-6-4-2/h3-16H2,1-2H3. The molecule has 0 saturated carbocycles. The molecule has 1 aliphatic carbocycles. The van der Waals surface area contributed by atoms with Crippen LogP contribution in [0.1, 0.15) is 104 Å². The molecule has 0 fully saturated rings. The van der Waals surface area contributed by atoms with Gasteiger partial charge in [-0.05, 0) is 57.5 Å². The molecule has 0 aromatic heterocycles. The Hall–Kier alpha value is -0.220. The number of rotatable bonds is 14. The summed E-state index contributed by atoms with van der Waals surface area (Å²) in [5.41, 5.74) is 1.31. The largest absolute Gasteiger partial charge is 0.288 e. The van der Waals surface area contributed by atoms with Gasteiger partial charge in [-0.1, -0.05) is 78.1 Å². The zero-order valence-electron chi connectivity index (χ0n) is 16.5. The smallest absolute Gasteiger partial charge is 0.197 e. The van der Waals surface area contributed by atoms with Crippen molar-refractivity contribution in [2.24, 2.45) is 0 Å². The van der Waals surface area contributed by atoms with Crippen molar-refractivity contribution in [3.05, 3.63) is 20.1 Å². The van der Waals surface area contributed by atoms with Crippen molar-refractivity contribution in [3.8, 4) is 0 Å². The van der Waals surface area contributed by atoms with Crippen LogP contribution in [0.5, 0.6) is 0 Å². The van der Waals surface area contributed by atoms with Crippen LogP contribution in [0.25, 0.3) is 0 Å². The van der Waals surface area contributed by atoms with E-state index in [1.54, 1.807) is 0 Å². The van der Waals surface area contributed by atoms with E-state index < -0.39 is 0 Å². The van der Waals surface area contributed by atoms with E-state index in [1.165, 1.54) is 51.4 Å².